The molecule has 1 nitrogen and oxygen atoms in total. The first-order valence-corrected chi connectivity index (χ1v) is 6.81. The van der Waals surface area contributed by atoms with Crippen molar-refractivity contribution < 1.29 is 0 Å². The van der Waals surface area contributed by atoms with E-state index in [0.29, 0.717) is 0 Å². The minimum atomic E-state index is 1.03. The number of fused-ring (bicyclic) bond motifs is 2. The Balaban J connectivity index is 2.69. The molecule has 2 aromatic carbocycles. The van der Waals surface area contributed by atoms with Crippen LogP contribution in [0.1, 0.15) is 0 Å². The van der Waals surface area contributed by atoms with Crippen LogP contribution in [0.3, 0.4) is 0 Å². The Labute approximate surface area is 108 Å². The third-order valence-corrected chi connectivity index (χ3v) is 4.70. The van der Waals surface area contributed by atoms with Crippen LogP contribution < -0.4 is 0 Å². The SMILES string of the molecule is Brc1c2ccccc2c(Br)c2nscc12. The van der Waals surface area contributed by atoms with Crippen molar-refractivity contribution in [2.75, 3.05) is 0 Å². The first-order valence-electron chi connectivity index (χ1n) is 4.39. The molecule has 0 saturated carbocycles. The fraction of sp³-hybridized carbons (Fsp3) is 0. The van der Waals surface area contributed by atoms with E-state index in [-0.39, 0.29) is 0 Å². The van der Waals surface area contributed by atoms with Crippen LogP contribution in [0.25, 0.3) is 21.7 Å². The van der Waals surface area contributed by atoms with E-state index in [0.717, 1.165) is 14.5 Å². The van der Waals surface area contributed by atoms with Crippen molar-refractivity contribution >= 4 is 65.1 Å². The molecule has 0 aliphatic heterocycles. The first kappa shape index (κ1) is 9.75. The molecule has 1 aromatic heterocycles. The molecular formula is C11H5Br2NS. The zero-order valence-electron chi connectivity index (χ0n) is 7.50. The number of benzene rings is 2. The summed E-state index contributed by atoms with van der Waals surface area (Å²) >= 11 is 8.74. The van der Waals surface area contributed by atoms with Crippen LogP contribution in [0.4, 0.5) is 0 Å². The maximum atomic E-state index is 4.39. The zero-order valence-corrected chi connectivity index (χ0v) is 11.5. The third-order valence-electron chi connectivity index (χ3n) is 2.41. The second-order valence-electron chi connectivity index (χ2n) is 3.25. The topological polar surface area (TPSA) is 12.9 Å². The number of aromatic nitrogens is 1. The van der Waals surface area contributed by atoms with Crippen LogP contribution >= 0.6 is 43.4 Å². The molecule has 3 rings (SSSR count). The lowest BCUT2D eigenvalue weighted by Crippen LogP contribution is -1.79. The van der Waals surface area contributed by atoms with Gasteiger partial charge in [-0.1, -0.05) is 24.3 Å². The Morgan fingerprint density at radius 3 is 2.33 bits per heavy atom. The van der Waals surface area contributed by atoms with Gasteiger partial charge < -0.3 is 0 Å². The third kappa shape index (κ3) is 1.35. The minimum Gasteiger partial charge on any atom is -0.191 e. The van der Waals surface area contributed by atoms with Crippen molar-refractivity contribution in [2.45, 2.75) is 0 Å². The Bertz CT molecular complexity index is 605. The molecule has 0 radical (unpaired) electrons. The minimum absolute atomic E-state index is 1.03. The summed E-state index contributed by atoms with van der Waals surface area (Å²) < 4.78 is 6.60. The quantitative estimate of drug-likeness (QED) is 0.561. The summed E-state index contributed by atoms with van der Waals surface area (Å²) in [5.41, 5.74) is 1.03. The lowest BCUT2D eigenvalue weighted by Gasteiger charge is -2.04. The van der Waals surface area contributed by atoms with E-state index < -0.39 is 0 Å². The van der Waals surface area contributed by atoms with Crippen LogP contribution in [-0.2, 0) is 0 Å². The van der Waals surface area contributed by atoms with Gasteiger partial charge in [-0.25, -0.2) is 0 Å². The van der Waals surface area contributed by atoms with Crippen molar-refractivity contribution in [2.24, 2.45) is 0 Å². The van der Waals surface area contributed by atoms with Gasteiger partial charge in [0.05, 0.1) is 9.99 Å². The molecule has 3 aromatic rings. The number of hydrogen-bond acceptors (Lipinski definition) is 2. The van der Waals surface area contributed by atoms with Crippen molar-refractivity contribution in [3.8, 4) is 0 Å². The molecule has 0 bridgehead atoms. The van der Waals surface area contributed by atoms with E-state index in [2.05, 4.69) is 53.7 Å². The average molecular weight is 343 g/mol. The number of nitrogens with zero attached hydrogens (tertiary/aromatic N) is 1. The average Bonchev–Trinajstić information content (AvgIpc) is 2.75. The summed E-state index contributed by atoms with van der Waals surface area (Å²) in [7, 11) is 0. The summed E-state index contributed by atoms with van der Waals surface area (Å²) in [4.78, 5) is 0. The van der Waals surface area contributed by atoms with Crippen molar-refractivity contribution in [1.82, 2.24) is 4.37 Å². The van der Waals surface area contributed by atoms with E-state index in [1.165, 1.54) is 27.7 Å². The summed E-state index contributed by atoms with van der Waals surface area (Å²) in [5, 5.41) is 5.65. The van der Waals surface area contributed by atoms with Gasteiger partial charge in [0.25, 0.3) is 0 Å². The maximum Gasteiger partial charge on any atom is 0.1000 e. The highest BCUT2D eigenvalue weighted by Gasteiger charge is 2.11. The number of halogens is 2. The molecule has 15 heavy (non-hydrogen) atoms. The summed E-state index contributed by atoms with van der Waals surface area (Å²) in [6.45, 7) is 0. The van der Waals surface area contributed by atoms with Crippen molar-refractivity contribution in [3.63, 3.8) is 0 Å². The Morgan fingerprint density at radius 2 is 1.60 bits per heavy atom. The van der Waals surface area contributed by atoms with Gasteiger partial charge in [0.1, 0.15) is 0 Å². The molecule has 1 heterocycles. The standard InChI is InChI=1S/C11H5Br2NS/c12-9-6-3-1-2-4-7(6)10(13)11-8(9)5-15-14-11/h1-5H. The first-order chi connectivity index (χ1) is 7.29. The normalized spacial score (nSPS) is 11.3. The molecule has 0 unspecified atom stereocenters. The highest BCUT2D eigenvalue weighted by molar-refractivity contribution is 9.11. The molecule has 0 amide bonds. The van der Waals surface area contributed by atoms with Crippen molar-refractivity contribution in [3.05, 3.63) is 38.6 Å². The monoisotopic (exact) mass is 341 g/mol. The summed E-state index contributed by atoms with van der Waals surface area (Å²) in [6.07, 6.45) is 0. The maximum absolute atomic E-state index is 4.39. The van der Waals surface area contributed by atoms with E-state index in [9.17, 15) is 0 Å². The van der Waals surface area contributed by atoms with Crippen LogP contribution in [0, 0.1) is 0 Å². The summed E-state index contributed by atoms with van der Waals surface area (Å²) in [6, 6.07) is 8.30. The summed E-state index contributed by atoms with van der Waals surface area (Å²) in [5.74, 6) is 0. The van der Waals surface area contributed by atoms with E-state index >= 15 is 0 Å². The fourth-order valence-electron chi connectivity index (χ4n) is 1.69. The van der Waals surface area contributed by atoms with Crippen LogP contribution in [0.15, 0.2) is 38.6 Å². The van der Waals surface area contributed by atoms with Gasteiger partial charge in [0.15, 0.2) is 0 Å². The molecule has 0 aliphatic carbocycles. The number of rotatable bonds is 0. The highest BCUT2D eigenvalue weighted by Crippen LogP contribution is 2.39. The molecular weight excluding hydrogens is 338 g/mol. The van der Waals surface area contributed by atoms with Crippen molar-refractivity contribution in [1.29, 1.82) is 0 Å². The Morgan fingerprint density at radius 1 is 0.933 bits per heavy atom. The van der Waals surface area contributed by atoms with E-state index in [1.807, 2.05) is 12.1 Å². The predicted octanol–water partition coefficient (Wildman–Crippen LogP) is 4.97. The van der Waals surface area contributed by atoms with Gasteiger partial charge in [0, 0.05) is 15.2 Å². The van der Waals surface area contributed by atoms with Gasteiger partial charge >= 0.3 is 0 Å². The van der Waals surface area contributed by atoms with Crippen LogP contribution in [0.2, 0.25) is 0 Å². The molecule has 0 atom stereocenters. The highest BCUT2D eigenvalue weighted by atomic mass is 79.9. The van der Waals surface area contributed by atoms with Crippen LogP contribution in [0.5, 0.6) is 0 Å². The molecule has 0 spiro atoms. The van der Waals surface area contributed by atoms with Gasteiger partial charge in [0.2, 0.25) is 0 Å². The molecule has 4 heteroatoms. The molecule has 0 saturated heterocycles. The predicted molar refractivity (Wildman–Crippen MR) is 72.5 cm³/mol. The van der Waals surface area contributed by atoms with Crippen LogP contribution in [-0.4, -0.2) is 4.37 Å². The largest absolute Gasteiger partial charge is 0.191 e. The molecule has 0 aliphatic rings. The Hall–Kier alpha value is -0.450. The van der Waals surface area contributed by atoms with Gasteiger partial charge in [-0.15, -0.1) is 0 Å². The smallest absolute Gasteiger partial charge is 0.1000 e. The molecule has 74 valence electrons. The lowest BCUT2D eigenvalue weighted by atomic mass is 10.1. The lowest BCUT2D eigenvalue weighted by molar-refractivity contribution is 1.65. The molecule has 0 N–H and O–H groups in total. The van der Waals surface area contributed by atoms with E-state index in [1.54, 1.807) is 0 Å². The number of hydrogen-bond donors (Lipinski definition) is 0. The fourth-order valence-corrected chi connectivity index (χ4v) is 3.94. The second kappa shape index (κ2) is 3.54. The van der Waals surface area contributed by atoms with Gasteiger partial charge in [-0.3, -0.25) is 0 Å². The zero-order chi connectivity index (χ0) is 10.4. The van der Waals surface area contributed by atoms with Gasteiger partial charge in [-0.05, 0) is 54.2 Å². The second-order valence-corrected chi connectivity index (χ2v) is 5.47. The Kier molecular flexibility index (Phi) is 2.30. The van der Waals surface area contributed by atoms with E-state index in [4.69, 9.17) is 0 Å². The van der Waals surface area contributed by atoms with Gasteiger partial charge in [-0.2, -0.15) is 4.37 Å². The molecule has 0 fully saturated rings.